The number of benzene rings is 2. The quantitative estimate of drug-likeness (QED) is 0.167. The van der Waals surface area contributed by atoms with E-state index in [2.05, 4.69) is 35.7 Å². The summed E-state index contributed by atoms with van der Waals surface area (Å²) >= 11 is 20.5. The lowest BCUT2D eigenvalue weighted by molar-refractivity contribution is -0.113. The van der Waals surface area contributed by atoms with Crippen LogP contribution in [0.2, 0.25) is 0 Å². The van der Waals surface area contributed by atoms with Crippen LogP contribution in [0, 0.1) is 0 Å². The molecule has 4 aliphatic rings. The second-order valence-corrected chi connectivity index (χ2v) is 24.3. The first-order valence-corrected chi connectivity index (χ1v) is 27.3. The van der Waals surface area contributed by atoms with Crippen molar-refractivity contribution in [1.29, 1.82) is 0 Å². The van der Waals surface area contributed by atoms with Gasteiger partial charge in [0.25, 0.3) is 11.8 Å². The standard InChI is InChI=1S/C36H26N4O2S12/c1-43-29-30(44-2)52-35(51-29)33-47-15-25(49-33)27(41)39-21-9-5-7-19-17(21)11-13-23(37-19)24-14-12-18-20(38-24)8-6-10-22(18)40-28(42)26-16-48-34(50-26)36-53-31(45-3)32(46-4)54-36/h5-16H,1-4H3,(H,39,41)(H,40,42). The van der Waals surface area contributed by atoms with E-state index in [0.29, 0.717) is 21.2 Å². The zero-order valence-electron chi connectivity index (χ0n) is 28.5. The number of carbonyl (C=O) groups excluding carboxylic acids is 2. The van der Waals surface area contributed by atoms with Gasteiger partial charge < -0.3 is 10.6 Å². The highest BCUT2D eigenvalue weighted by Crippen LogP contribution is 2.63. The van der Waals surface area contributed by atoms with Gasteiger partial charge in [0.2, 0.25) is 0 Å². The maximum Gasteiger partial charge on any atom is 0.263 e. The summed E-state index contributed by atoms with van der Waals surface area (Å²) in [6, 6.07) is 19.3. The lowest BCUT2D eigenvalue weighted by atomic mass is 10.1. The third-order valence-electron chi connectivity index (χ3n) is 7.77. The lowest BCUT2D eigenvalue weighted by Gasteiger charge is -2.11. The summed E-state index contributed by atoms with van der Waals surface area (Å²) in [5, 5.41) is 11.8. The van der Waals surface area contributed by atoms with Gasteiger partial charge in [0.1, 0.15) is 0 Å². The van der Waals surface area contributed by atoms with Gasteiger partial charge >= 0.3 is 0 Å². The Morgan fingerprint density at radius 1 is 0.500 bits per heavy atom. The maximum atomic E-state index is 13.4. The number of carbonyl (C=O) groups is 2. The molecule has 6 nitrogen and oxygen atoms in total. The van der Waals surface area contributed by atoms with Crippen LogP contribution < -0.4 is 10.6 Å². The number of hydrogen-bond donors (Lipinski definition) is 2. The van der Waals surface area contributed by atoms with Gasteiger partial charge in [-0.25, -0.2) is 9.97 Å². The average Bonchev–Trinajstić information content (AvgIpc) is 4.03. The van der Waals surface area contributed by atoms with Gasteiger partial charge in [0.05, 0.1) is 77.5 Å². The minimum absolute atomic E-state index is 0.132. The third kappa shape index (κ3) is 8.37. The predicted molar refractivity (Wildman–Crippen MR) is 259 cm³/mol. The predicted octanol–water partition coefficient (Wildman–Crippen LogP) is 13.9. The van der Waals surface area contributed by atoms with E-state index in [4.69, 9.17) is 9.97 Å². The molecule has 54 heavy (non-hydrogen) atoms. The van der Waals surface area contributed by atoms with Gasteiger partial charge in [-0.1, -0.05) is 106 Å². The normalized spacial score (nSPS) is 17.4. The molecular formula is C36H26N4O2S12. The van der Waals surface area contributed by atoms with Crippen LogP contribution >= 0.6 is 141 Å². The number of nitrogens with zero attached hydrogens (tertiary/aromatic N) is 2. The fourth-order valence-corrected chi connectivity index (χ4v) is 20.2. The van der Waals surface area contributed by atoms with Crippen LogP contribution in [0.5, 0.6) is 0 Å². The molecule has 2 aromatic carbocycles. The van der Waals surface area contributed by atoms with E-state index in [0.717, 1.165) is 41.7 Å². The summed E-state index contributed by atoms with van der Waals surface area (Å²) in [4.78, 5) is 38.1. The minimum Gasteiger partial charge on any atom is -0.321 e. The Labute approximate surface area is 364 Å². The topological polar surface area (TPSA) is 84.0 Å². The Morgan fingerprint density at radius 2 is 0.889 bits per heavy atom. The molecule has 0 saturated heterocycles. The van der Waals surface area contributed by atoms with Gasteiger partial charge in [0.15, 0.2) is 0 Å². The van der Waals surface area contributed by atoms with E-state index in [1.54, 1.807) is 118 Å². The van der Waals surface area contributed by atoms with Gasteiger partial charge in [-0.3, -0.25) is 9.59 Å². The Bertz CT molecular complexity index is 2250. The van der Waals surface area contributed by atoms with Crippen molar-refractivity contribution < 1.29 is 9.59 Å². The molecule has 0 spiro atoms. The zero-order chi connectivity index (χ0) is 37.3. The molecule has 2 amide bonds. The second kappa shape index (κ2) is 17.8. The average molecular weight is 931 g/mol. The molecule has 0 unspecified atom stereocenters. The fourth-order valence-electron chi connectivity index (χ4n) is 5.28. The van der Waals surface area contributed by atoms with Crippen molar-refractivity contribution in [3.63, 3.8) is 0 Å². The van der Waals surface area contributed by atoms with Gasteiger partial charge in [-0.15, -0.1) is 47.0 Å². The van der Waals surface area contributed by atoms with Crippen molar-refractivity contribution in [3.8, 4) is 11.4 Å². The minimum atomic E-state index is -0.132. The molecular weight excluding hydrogens is 905 g/mol. The summed E-state index contributed by atoms with van der Waals surface area (Å²) in [5.74, 6) is -0.264. The number of anilines is 2. The summed E-state index contributed by atoms with van der Waals surface area (Å²) in [5.41, 5.74) is 4.37. The maximum absolute atomic E-state index is 13.4. The number of amides is 2. The SMILES string of the molecule is CSC1=C(SC)SC(=C2SC=C(C(=O)Nc3cccc4nc(-c5ccc6c(NC(=O)C7=CSC(=C8SC(SC)=C(SC)S8)S7)cccc6n5)ccc34)S2)S1. The highest BCUT2D eigenvalue weighted by atomic mass is 32.3. The first-order chi connectivity index (χ1) is 26.3. The summed E-state index contributed by atoms with van der Waals surface area (Å²) in [6.45, 7) is 0. The first-order valence-electron chi connectivity index (χ1n) is 15.7. The van der Waals surface area contributed by atoms with Gasteiger partial charge in [-0.2, -0.15) is 0 Å². The summed E-state index contributed by atoms with van der Waals surface area (Å²) < 4.78 is 10.0. The summed E-state index contributed by atoms with van der Waals surface area (Å²) in [7, 11) is 0. The van der Waals surface area contributed by atoms with E-state index in [1.165, 1.54) is 48.9 Å². The van der Waals surface area contributed by atoms with Crippen molar-refractivity contribution in [2.24, 2.45) is 0 Å². The largest absolute Gasteiger partial charge is 0.321 e. The molecule has 4 aliphatic heterocycles. The van der Waals surface area contributed by atoms with Gasteiger partial charge in [-0.05, 0) is 84.4 Å². The van der Waals surface area contributed by atoms with Crippen LogP contribution in [0.4, 0.5) is 11.4 Å². The Balaban J connectivity index is 0.946. The molecule has 2 N–H and O–H groups in total. The van der Waals surface area contributed by atoms with Crippen LogP contribution in [0.1, 0.15) is 0 Å². The number of nitrogens with one attached hydrogen (secondary N) is 2. The van der Waals surface area contributed by atoms with Crippen molar-refractivity contribution in [1.82, 2.24) is 9.97 Å². The Kier molecular flexibility index (Phi) is 13.0. The van der Waals surface area contributed by atoms with E-state index in [-0.39, 0.29) is 11.8 Å². The van der Waals surface area contributed by atoms with E-state index < -0.39 is 0 Å². The molecule has 0 atom stereocenters. The molecule has 0 bridgehead atoms. The molecule has 2 aromatic heterocycles. The number of thioether (sulfide) groups is 12. The number of aromatic nitrogens is 2. The molecule has 274 valence electrons. The van der Waals surface area contributed by atoms with Crippen LogP contribution in [-0.4, -0.2) is 46.8 Å². The molecule has 6 heterocycles. The monoisotopic (exact) mass is 930 g/mol. The molecule has 0 fully saturated rings. The Morgan fingerprint density at radius 3 is 1.26 bits per heavy atom. The van der Waals surface area contributed by atoms with Crippen LogP contribution in [0.25, 0.3) is 33.2 Å². The van der Waals surface area contributed by atoms with Crippen LogP contribution in [0.15, 0.2) is 115 Å². The molecule has 0 radical (unpaired) electrons. The van der Waals surface area contributed by atoms with Crippen molar-refractivity contribution >= 4 is 186 Å². The highest BCUT2D eigenvalue weighted by molar-refractivity contribution is 8.43. The molecule has 8 rings (SSSR count). The van der Waals surface area contributed by atoms with Gasteiger partial charge in [0, 0.05) is 10.8 Å². The zero-order valence-corrected chi connectivity index (χ0v) is 38.3. The van der Waals surface area contributed by atoms with Crippen LogP contribution in [0.3, 0.4) is 0 Å². The molecule has 18 heteroatoms. The Hall–Kier alpha value is -1.16. The van der Waals surface area contributed by atoms with Crippen LogP contribution in [-0.2, 0) is 9.59 Å². The third-order valence-corrected chi connectivity index (χ3v) is 24.0. The number of pyridine rings is 2. The van der Waals surface area contributed by atoms with E-state index >= 15 is 0 Å². The molecule has 0 aliphatic carbocycles. The second-order valence-electron chi connectivity index (χ2n) is 11.0. The van der Waals surface area contributed by atoms with E-state index in [1.807, 2.05) is 71.5 Å². The number of hydrogen-bond acceptors (Lipinski definition) is 16. The van der Waals surface area contributed by atoms with Crippen molar-refractivity contribution in [3.05, 3.63) is 115 Å². The highest BCUT2D eigenvalue weighted by Gasteiger charge is 2.30. The fraction of sp³-hybridized carbons (Fsp3) is 0.111. The molecule has 4 aromatic rings. The number of rotatable bonds is 9. The first kappa shape index (κ1) is 39.7. The molecule has 0 saturated carbocycles. The van der Waals surface area contributed by atoms with Crippen molar-refractivity contribution in [2.75, 3.05) is 35.7 Å². The van der Waals surface area contributed by atoms with Crippen molar-refractivity contribution in [2.45, 2.75) is 0 Å². The smallest absolute Gasteiger partial charge is 0.263 e. The van der Waals surface area contributed by atoms with E-state index in [9.17, 15) is 9.59 Å². The number of fused-ring (bicyclic) bond motifs is 2. The lowest BCUT2D eigenvalue weighted by Crippen LogP contribution is -2.12. The summed E-state index contributed by atoms with van der Waals surface area (Å²) in [6.07, 6.45) is 8.42.